The Hall–Kier alpha value is -3.45. The molecule has 182 valence electrons. The number of hydrogen-bond donors (Lipinski definition) is 3. The van der Waals surface area contributed by atoms with E-state index in [-0.39, 0.29) is 30.0 Å². The first-order chi connectivity index (χ1) is 16.9. The number of aromatic hydroxyl groups is 1. The molecular formula is C28H30N2O5. The van der Waals surface area contributed by atoms with Crippen molar-refractivity contribution < 1.29 is 24.6 Å². The summed E-state index contributed by atoms with van der Waals surface area (Å²) >= 11 is 0. The summed E-state index contributed by atoms with van der Waals surface area (Å²) in [5.41, 5.74) is -0.0395. The maximum absolute atomic E-state index is 13.8. The third-order valence-electron chi connectivity index (χ3n) is 7.76. The van der Waals surface area contributed by atoms with Crippen molar-refractivity contribution in [2.45, 2.75) is 56.1 Å². The number of fused-ring (bicyclic) bond motifs is 1. The molecule has 0 radical (unpaired) electrons. The minimum absolute atomic E-state index is 0.0248. The van der Waals surface area contributed by atoms with Crippen LogP contribution in [0.15, 0.2) is 60.7 Å². The van der Waals surface area contributed by atoms with Crippen molar-refractivity contribution in [1.29, 1.82) is 0 Å². The number of phenols is 1. The first-order valence-electron chi connectivity index (χ1n) is 12.3. The number of carbonyl (C=O) groups excluding carboxylic acids is 2. The standard InChI is InChI=1S/C28H30N2O5/c31-21-14-11-19(12-15-21)17-28(27(34)35)24-23(22(29-28)16-13-18-7-3-1-4-8-18)25(32)30(26(24)33)20-9-5-2-6-10-20/h1,3-4,7-8,11-16,20,22-24,29,31H,2,5-6,9-10,17H2,(H,34,35)/b16-13+. The van der Waals surface area contributed by atoms with Gasteiger partial charge in [-0.15, -0.1) is 0 Å². The Morgan fingerprint density at radius 1 is 1.00 bits per heavy atom. The first-order valence-corrected chi connectivity index (χ1v) is 12.3. The number of nitrogens with one attached hydrogen (secondary N) is 1. The number of carboxylic acid groups (broad SMARTS) is 1. The van der Waals surface area contributed by atoms with Crippen LogP contribution in [-0.4, -0.2) is 50.5 Å². The van der Waals surface area contributed by atoms with Crippen LogP contribution in [0.5, 0.6) is 5.75 Å². The number of phenolic OH excluding ortho intramolecular Hbond substituents is 1. The van der Waals surface area contributed by atoms with Gasteiger partial charge >= 0.3 is 5.97 Å². The van der Waals surface area contributed by atoms with E-state index < -0.39 is 29.4 Å². The zero-order chi connectivity index (χ0) is 24.6. The van der Waals surface area contributed by atoms with Crippen molar-refractivity contribution in [3.63, 3.8) is 0 Å². The Balaban J connectivity index is 1.55. The van der Waals surface area contributed by atoms with Gasteiger partial charge in [0.05, 0.1) is 11.8 Å². The SMILES string of the molecule is O=C1C2C(/C=C/c3ccccc3)NC(Cc3ccc(O)cc3)(C(=O)O)C2C(=O)N1C1CCCCC1. The Morgan fingerprint density at radius 3 is 2.34 bits per heavy atom. The lowest BCUT2D eigenvalue weighted by Gasteiger charge is -2.34. The molecule has 1 aliphatic carbocycles. The molecule has 7 nitrogen and oxygen atoms in total. The number of nitrogens with zero attached hydrogens (tertiary/aromatic N) is 1. The fourth-order valence-corrected chi connectivity index (χ4v) is 6.08. The van der Waals surface area contributed by atoms with Gasteiger partial charge in [0.1, 0.15) is 11.3 Å². The highest BCUT2D eigenvalue weighted by molar-refractivity contribution is 6.10. The second kappa shape index (κ2) is 9.30. The maximum Gasteiger partial charge on any atom is 0.325 e. The van der Waals surface area contributed by atoms with Gasteiger partial charge in [-0.25, -0.2) is 0 Å². The van der Waals surface area contributed by atoms with Crippen molar-refractivity contribution >= 4 is 23.9 Å². The van der Waals surface area contributed by atoms with Gasteiger partial charge in [0.2, 0.25) is 11.8 Å². The summed E-state index contributed by atoms with van der Waals surface area (Å²) in [7, 11) is 0. The van der Waals surface area contributed by atoms with E-state index in [4.69, 9.17) is 0 Å². The van der Waals surface area contributed by atoms with Gasteiger partial charge in [0.15, 0.2) is 0 Å². The number of benzene rings is 2. The van der Waals surface area contributed by atoms with Gasteiger partial charge in [0.25, 0.3) is 0 Å². The van der Waals surface area contributed by atoms with Crippen LogP contribution in [0.3, 0.4) is 0 Å². The van der Waals surface area contributed by atoms with E-state index in [0.29, 0.717) is 5.56 Å². The van der Waals surface area contributed by atoms with Crippen molar-refractivity contribution in [1.82, 2.24) is 10.2 Å². The highest BCUT2D eigenvalue weighted by atomic mass is 16.4. The third kappa shape index (κ3) is 4.14. The average molecular weight is 475 g/mol. The fourth-order valence-electron chi connectivity index (χ4n) is 6.08. The van der Waals surface area contributed by atoms with E-state index in [9.17, 15) is 24.6 Å². The van der Waals surface area contributed by atoms with Gasteiger partial charge in [-0.05, 0) is 36.1 Å². The molecule has 0 aromatic heterocycles. The number of likely N-dealkylation sites (tertiary alicyclic amines) is 1. The Labute approximate surface area is 204 Å². The van der Waals surface area contributed by atoms with E-state index in [2.05, 4.69) is 5.32 Å². The van der Waals surface area contributed by atoms with E-state index in [0.717, 1.165) is 37.7 Å². The Kier molecular flexibility index (Phi) is 6.19. The largest absolute Gasteiger partial charge is 0.508 e. The lowest BCUT2D eigenvalue weighted by molar-refractivity contribution is -0.152. The Morgan fingerprint density at radius 2 is 1.69 bits per heavy atom. The van der Waals surface area contributed by atoms with Crippen molar-refractivity contribution in [3.8, 4) is 5.75 Å². The lowest BCUT2D eigenvalue weighted by Crippen LogP contribution is -2.58. The molecule has 2 saturated heterocycles. The van der Waals surface area contributed by atoms with E-state index in [1.807, 2.05) is 42.5 Å². The van der Waals surface area contributed by atoms with Crippen LogP contribution >= 0.6 is 0 Å². The van der Waals surface area contributed by atoms with E-state index >= 15 is 0 Å². The summed E-state index contributed by atoms with van der Waals surface area (Å²) in [5.74, 6) is -3.50. The molecule has 2 heterocycles. The predicted molar refractivity (Wildman–Crippen MR) is 130 cm³/mol. The number of carbonyl (C=O) groups is 3. The van der Waals surface area contributed by atoms with Crippen LogP contribution in [0.1, 0.15) is 43.2 Å². The number of carboxylic acids is 1. The highest BCUT2D eigenvalue weighted by Gasteiger charge is 2.68. The van der Waals surface area contributed by atoms with Gasteiger partial charge in [0, 0.05) is 18.5 Å². The summed E-state index contributed by atoms with van der Waals surface area (Å²) in [6.45, 7) is 0. The van der Waals surface area contributed by atoms with Crippen molar-refractivity contribution in [2.24, 2.45) is 11.8 Å². The van der Waals surface area contributed by atoms with Gasteiger partial charge < -0.3 is 10.2 Å². The van der Waals surface area contributed by atoms with Crippen LogP contribution in [0.4, 0.5) is 0 Å². The molecule has 2 aromatic rings. The molecule has 1 saturated carbocycles. The van der Waals surface area contributed by atoms with Crippen molar-refractivity contribution in [2.75, 3.05) is 0 Å². The van der Waals surface area contributed by atoms with Crippen LogP contribution < -0.4 is 5.32 Å². The summed E-state index contributed by atoms with van der Waals surface area (Å²) in [5, 5.41) is 23.4. The molecular weight excluding hydrogens is 444 g/mol. The zero-order valence-electron chi connectivity index (χ0n) is 19.5. The monoisotopic (exact) mass is 474 g/mol. The minimum Gasteiger partial charge on any atom is -0.508 e. The normalized spacial score (nSPS) is 29.1. The molecule has 2 aromatic carbocycles. The third-order valence-corrected chi connectivity index (χ3v) is 7.76. The van der Waals surface area contributed by atoms with Crippen LogP contribution in [0.2, 0.25) is 0 Å². The molecule has 3 N–H and O–H groups in total. The number of hydrogen-bond acceptors (Lipinski definition) is 5. The summed E-state index contributed by atoms with van der Waals surface area (Å²) in [6, 6.07) is 15.1. The fraction of sp³-hybridized carbons (Fsp3) is 0.393. The lowest BCUT2D eigenvalue weighted by atomic mass is 9.76. The second-order valence-electron chi connectivity index (χ2n) is 9.90. The topological polar surface area (TPSA) is 107 Å². The number of imide groups is 1. The van der Waals surface area contributed by atoms with Crippen LogP contribution in [-0.2, 0) is 20.8 Å². The quantitative estimate of drug-likeness (QED) is 0.554. The summed E-state index contributed by atoms with van der Waals surface area (Å²) in [6.07, 6.45) is 8.27. The smallest absolute Gasteiger partial charge is 0.325 e. The van der Waals surface area contributed by atoms with E-state index in [1.54, 1.807) is 12.1 Å². The Bertz CT molecular complexity index is 1140. The molecule has 4 atom stereocenters. The molecule has 2 amide bonds. The zero-order valence-corrected chi connectivity index (χ0v) is 19.5. The minimum atomic E-state index is -1.64. The molecule has 5 rings (SSSR count). The molecule has 0 bridgehead atoms. The molecule has 3 fully saturated rings. The second-order valence-corrected chi connectivity index (χ2v) is 9.90. The number of amides is 2. The number of rotatable bonds is 6. The highest BCUT2D eigenvalue weighted by Crippen LogP contribution is 2.47. The molecule has 4 unspecified atom stereocenters. The van der Waals surface area contributed by atoms with Gasteiger partial charge in [-0.3, -0.25) is 24.6 Å². The van der Waals surface area contributed by atoms with Crippen LogP contribution in [0, 0.1) is 11.8 Å². The van der Waals surface area contributed by atoms with E-state index in [1.165, 1.54) is 17.0 Å². The summed E-state index contributed by atoms with van der Waals surface area (Å²) < 4.78 is 0. The number of aliphatic carboxylic acids is 1. The predicted octanol–water partition coefficient (Wildman–Crippen LogP) is 3.38. The molecule has 35 heavy (non-hydrogen) atoms. The maximum atomic E-state index is 13.8. The molecule has 3 aliphatic rings. The first kappa shape index (κ1) is 23.3. The van der Waals surface area contributed by atoms with Gasteiger partial charge in [-0.1, -0.05) is 73.9 Å². The van der Waals surface area contributed by atoms with Gasteiger partial charge in [-0.2, -0.15) is 0 Å². The molecule has 2 aliphatic heterocycles. The average Bonchev–Trinajstić information content (AvgIpc) is 3.34. The molecule has 7 heteroatoms. The molecule has 0 spiro atoms. The van der Waals surface area contributed by atoms with Crippen molar-refractivity contribution in [3.05, 3.63) is 71.8 Å². The summed E-state index contributed by atoms with van der Waals surface area (Å²) in [4.78, 5) is 41.8. The van der Waals surface area contributed by atoms with Crippen LogP contribution in [0.25, 0.3) is 6.08 Å².